The molecule has 0 bridgehead atoms. The lowest BCUT2D eigenvalue weighted by molar-refractivity contribution is -0.138. The van der Waals surface area contributed by atoms with Crippen molar-refractivity contribution in [3.63, 3.8) is 0 Å². The number of carbonyl (C=O) groups excluding carboxylic acids is 1. The van der Waals surface area contributed by atoms with Crippen LogP contribution in [-0.4, -0.2) is 42.2 Å². The van der Waals surface area contributed by atoms with Crippen molar-refractivity contribution in [2.75, 3.05) is 6.54 Å². The first-order valence-electron chi connectivity index (χ1n) is 9.23. The SMILES string of the molecule is N=CN.NCCCC(N=C/C=C/c1ccccc1OC(=O)c1ccccc1)C(=O)O. The summed E-state index contributed by atoms with van der Waals surface area (Å²) >= 11 is 0. The Balaban J connectivity index is 0.00000141. The monoisotopic (exact) mass is 410 g/mol. The summed E-state index contributed by atoms with van der Waals surface area (Å²) < 4.78 is 5.46. The summed E-state index contributed by atoms with van der Waals surface area (Å²) in [5.74, 6) is -1.02. The maximum Gasteiger partial charge on any atom is 0.343 e. The number of aliphatic imine (C=N–C) groups is 1. The maximum absolute atomic E-state index is 12.2. The molecule has 8 heteroatoms. The van der Waals surface area contributed by atoms with Gasteiger partial charge in [0.05, 0.1) is 11.9 Å². The van der Waals surface area contributed by atoms with Gasteiger partial charge in [-0.3, -0.25) is 10.4 Å². The van der Waals surface area contributed by atoms with Crippen LogP contribution in [0.5, 0.6) is 5.75 Å². The van der Waals surface area contributed by atoms with E-state index in [1.165, 1.54) is 6.21 Å². The quantitative estimate of drug-likeness (QED) is 0.216. The molecule has 2 aromatic carbocycles. The number of esters is 1. The van der Waals surface area contributed by atoms with Crippen LogP contribution in [0.1, 0.15) is 28.8 Å². The molecule has 0 aliphatic heterocycles. The van der Waals surface area contributed by atoms with Gasteiger partial charge in [-0.15, -0.1) is 0 Å². The molecule has 0 spiro atoms. The lowest BCUT2D eigenvalue weighted by Crippen LogP contribution is -2.19. The van der Waals surface area contributed by atoms with Gasteiger partial charge in [-0.1, -0.05) is 36.4 Å². The van der Waals surface area contributed by atoms with Gasteiger partial charge < -0.3 is 21.3 Å². The number of carboxylic acids is 1. The second kappa shape index (κ2) is 14.3. The van der Waals surface area contributed by atoms with Crippen molar-refractivity contribution in [1.29, 1.82) is 5.41 Å². The third-order valence-electron chi connectivity index (χ3n) is 3.73. The average molecular weight is 410 g/mol. The van der Waals surface area contributed by atoms with E-state index in [0.717, 1.165) is 6.34 Å². The second-order valence-electron chi connectivity index (χ2n) is 5.90. The molecule has 1 unspecified atom stereocenters. The van der Waals surface area contributed by atoms with Crippen LogP contribution in [0, 0.1) is 5.41 Å². The van der Waals surface area contributed by atoms with Gasteiger partial charge in [-0.2, -0.15) is 0 Å². The van der Waals surface area contributed by atoms with E-state index in [0.29, 0.717) is 36.3 Å². The molecule has 0 aromatic heterocycles. The molecule has 2 rings (SSSR count). The fourth-order valence-electron chi connectivity index (χ4n) is 2.32. The molecule has 0 amide bonds. The van der Waals surface area contributed by atoms with Crippen molar-refractivity contribution in [1.82, 2.24) is 0 Å². The van der Waals surface area contributed by atoms with E-state index in [4.69, 9.17) is 21.0 Å². The lowest BCUT2D eigenvalue weighted by atomic mass is 10.1. The molecule has 0 radical (unpaired) electrons. The molecular weight excluding hydrogens is 384 g/mol. The van der Waals surface area contributed by atoms with Crippen molar-refractivity contribution in [2.45, 2.75) is 18.9 Å². The van der Waals surface area contributed by atoms with E-state index in [2.05, 4.69) is 10.7 Å². The van der Waals surface area contributed by atoms with Crippen LogP contribution in [0.25, 0.3) is 6.08 Å². The van der Waals surface area contributed by atoms with Crippen molar-refractivity contribution in [2.24, 2.45) is 16.5 Å². The van der Waals surface area contributed by atoms with Gasteiger partial charge in [0.15, 0.2) is 0 Å². The number of ether oxygens (including phenoxy) is 1. The Labute approximate surface area is 175 Å². The zero-order valence-electron chi connectivity index (χ0n) is 16.5. The molecule has 0 aliphatic rings. The number of allylic oxidation sites excluding steroid dienone is 1. The van der Waals surface area contributed by atoms with Crippen LogP contribution in [0.4, 0.5) is 0 Å². The molecule has 30 heavy (non-hydrogen) atoms. The van der Waals surface area contributed by atoms with Gasteiger partial charge in [0, 0.05) is 11.8 Å². The number of para-hydroxylation sites is 1. The van der Waals surface area contributed by atoms with Crippen molar-refractivity contribution >= 4 is 30.6 Å². The summed E-state index contributed by atoms with van der Waals surface area (Å²) in [6.45, 7) is 0.426. The van der Waals surface area contributed by atoms with Gasteiger partial charge in [0.25, 0.3) is 0 Å². The van der Waals surface area contributed by atoms with E-state index in [-0.39, 0.29) is 0 Å². The third-order valence-corrected chi connectivity index (χ3v) is 3.73. The molecule has 8 nitrogen and oxygen atoms in total. The largest absolute Gasteiger partial charge is 0.480 e. The number of carbonyl (C=O) groups is 2. The predicted octanol–water partition coefficient (Wildman–Crippen LogP) is 2.73. The summed E-state index contributed by atoms with van der Waals surface area (Å²) in [4.78, 5) is 27.4. The Morgan fingerprint density at radius 2 is 1.77 bits per heavy atom. The highest BCUT2D eigenvalue weighted by atomic mass is 16.5. The third kappa shape index (κ3) is 8.94. The number of carboxylic acid groups (broad SMARTS) is 1. The molecule has 6 N–H and O–H groups in total. The highest BCUT2D eigenvalue weighted by molar-refractivity contribution is 5.91. The van der Waals surface area contributed by atoms with Crippen LogP contribution in [0.3, 0.4) is 0 Å². The minimum absolute atomic E-state index is 0.390. The highest BCUT2D eigenvalue weighted by Crippen LogP contribution is 2.20. The summed E-state index contributed by atoms with van der Waals surface area (Å²) in [7, 11) is 0. The highest BCUT2D eigenvalue weighted by Gasteiger charge is 2.13. The number of benzene rings is 2. The number of hydrogen-bond donors (Lipinski definition) is 4. The smallest absolute Gasteiger partial charge is 0.343 e. The maximum atomic E-state index is 12.2. The first kappa shape index (κ1) is 24.3. The topological polar surface area (TPSA) is 152 Å². The van der Waals surface area contributed by atoms with Crippen LogP contribution in [0.15, 0.2) is 65.7 Å². The molecule has 0 aliphatic carbocycles. The fraction of sp³-hybridized carbons (Fsp3) is 0.182. The first-order chi connectivity index (χ1) is 14.5. The van der Waals surface area contributed by atoms with Gasteiger partial charge in [0.2, 0.25) is 0 Å². The van der Waals surface area contributed by atoms with Crippen LogP contribution in [0.2, 0.25) is 0 Å². The second-order valence-corrected chi connectivity index (χ2v) is 5.90. The van der Waals surface area contributed by atoms with E-state index in [1.54, 1.807) is 54.6 Å². The van der Waals surface area contributed by atoms with Crippen molar-refractivity contribution in [3.8, 4) is 5.75 Å². The molecule has 1 atom stereocenters. The van der Waals surface area contributed by atoms with Gasteiger partial charge >= 0.3 is 11.9 Å². The zero-order chi connectivity index (χ0) is 22.2. The number of nitrogens with two attached hydrogens (primary N) is 2. The molecule has 0 fully saturated rings. The zero-order valence-corrected chi connectivity index (χ0v) is 16.5. The van der Waals surface area contributed by atoms with E-state index < -0.39 is 18.0 Å². The molecule has 0 heterocycles. The Kier molecular flexibility index (Phi) is 11.5. The number of nitrogens with one attached hydrogen (secondary N) is 1. The summed E-state index contributed by atoms with van der Waals surface area (Å²) in [6, 6.07) is 15.0. The van der Waals surface area contributed by atoms with Crippen LogP contribution < -0.4 is 16.2 Å². The van der Waals surface area contributed by atoms with Gasteiger partial charge in [0.1, 0.15) is 11.8 Å². The predicted molar refractivity (Wildman–Crippen MR) is 118 cm³/mol. The standard InChI is InChI=1S/C21H22N2O4.CH4N2/c22-14-6-12-18(20(24)25)23-15-7-11-16-8-4-5-13-19(16)27-21(26)17-9-2-1-3-10-17;2-1-3/h1-5,7-11,13,15,18H,6,12,14,22H2,(H,24,25);1H,(H3,2,3)/b11-7+,23-15?;. The molecule has 158 valence electrons. The van der Waals surface area contributed by atoms with Gasteiger partial charge in [-0.05, 0) is 49.7 Å². The summed E-state index contributed by atoms with van der Waals surface area (Å²) in [5, 5.41) is 15.0. The molecular formula is C22H26N4O4. The van der Waals surface area contributed by atoms with Crippen LogP contribution in [-0.2, 0) is 4.79 Å². The summed E-state index contributed by atoms with van der Waals surface area (Å²) in [6.07, 6.45) is 6.50. The van der Waals surface area contributed by atoms with Crippen molar-refractivity contribution < 1.29 is 19.4 Å². The summed E-state index contributed by atoms with van der Waals surface area (Å²) in [5.41, 5.74) is 10.9. The Hall–Kier alpha value is -3.78. The normalized spacial score (nSPS) is 11.5. The van der Waals surface area contributed by atoms with Crippen molar-refractivity contribution in [3.05, 3.63) is 71.8 Å². The molecule has 0 saturated carbocycles. The Morgan fingerprint density at radius 3 is 2.40 bits per heavy atom. The molecule has 2 aromatic rings. The number of aliphatic carboxylic acids is 1. The van der Waals surface area contributed by atoms with Crippen LogP contribution >= 0.6 is 0 Å². The van der Waals surface area contributed by atoms with E-state index >= 15 is 0 Å². The average Bonchev–Trinajstić information content (AvgIpc) is 2.75. The minimum Gasteiger partial charge on any atom is -0.480 e. The van der Waals surface area contributed by atoms with E-state index in [9.17, 15) is 9.59 Å². The fourth-order valence-corrected chi connectivity index (χ4v) is 2.32. The van der Waals surface area contributed by atoms with E-state index in [1.807, 2.05) is 12.1 Å². The number of hydrogen-bond acceptors (Lipinski definition) is 6. The Morgan fingerprint density at radius 1 is 1.13 bits per heavy atom. The molecule has 0 saturated heterocycles. The first-order valence-corrected chi connectivity index (χ1v) is 9.23. The number of nitrogens with zero attached hydrogens (tertiary/aromatic N) is 1. The minimum atomic E-state index is -0.981. The lowest BCUT2D eigenvalue weighted by Gasteiger charge is -2.07. The van der Waals surface area contributed by atoms with Gasteiger partial charge in [-0.25, -0.2) is 9.59 Å². The Bertz CT molecular complexity index is 866. The number of rotatable bonds is 9.